The molecule has 0 aromatic carbocycles. The number of rotatable bonds is 4. The smallest absolute Gasteiger partial charge is 0.352 e. The molecule has 0 aliphatic heterocycles. The fraction of sp³-hybridized carbons (Fsp3) is 0.500. The number of carbonyl (C=O) groups excluding carboxylic acids is 1. The van der Waals surface area contributed by atoms with Gasteiger partial charge in [-0.25, -0.2) is 4.98 Å². The molecule has 2 rings (SSSR count). The Hall–Kier alpha value is -1.50. The highest BCUT2D eigenvalue weighted by atomic mass is 35.5. The molecular formula is C12H13ClF3N3O. The van der Waals surface area contributed by atoms with Crippen molar-refractivity contribution in [2.24, 2.45) is 0 Å². The van der Waals surface area contributed by atoms with Gasteiger partial charge in [0.2, 0.25) is 5.91 Å². The predicted octanol–water partition coefficient (Wildman–Crippen LogP) is 2.47. The second-order valence-electron chi connectivity index (χ2n) is 4.73. The maximum atomic E-state index is 12.5. The van der Waals surface area contributed by atoms with Crippen LogP contribution in [0.4, 0.5) is 19.0 Å². The number of alkyl halides is 3. The molecule has 1 N–H and O–H groups in total. The van der Waals surface area contributed by atoms with E-state index >= 15 is 0 Å². The summed E-state index contributed by atoms with van der Waals surface area (Å²) in [6.07, 6.45) is -1.85. The summed E-state index contributed by atoms with van der Waals surface area (Å²) < 4.78 is 37.5. The third kappa shape index (κ3) is 3.75. The molecule has 110 valence electrons. The second-order valence-corrected chi connectivity index (χ2v) is 5.13. The molecule has 1 aromatic rings. The first-order valence-electron chi connectivity index (χ1n) is 6.00. The molecule has 0 saturated heterocycles. The standard InChI is InChI=1S/C12H13ClF3N3O/c1-19(6-10(20)18-8-2-3-8)11-9(13)4-7(5-17-11)12(14,15)16/h4-5,8H,2-3,6H2,1H3,(H,18,20). The summed E-state index contributed by atoms with van der Waals surface area (Å²) in [5.74, 6) is -0.0571. The first kappa shape index (κ1) is 14.9. The van der Waals surface area contributed by atoms with Gasteiger partial charge in [-0.2, -0.15) is 13.2 Å². The molecule has 1 aliphatic rings. The lowest BCUT2D eigenvalue weighted by atomic mass is 10.2. The number of carbonyl (C=O) groups is 1. The van der Waals surface area contributed by atoms with Crippen LogP contribution in [0, 0.1) is 0 Å². The summed E-state index contributed by atoms with van der Waals surface area (Å²) in [6.45, 7) is -0.00537. The third-order valence-electron chi connectivity index (χ3n) is 2.83. The van der Waals surface area contributed by atoms with Crippen molar-refractivity contribution in [1.82, 2.24) is 10.3 Å². The van der Waals surface area contributed by atoms with Gasteiger partial charge in [0.05, 0.1) is 17.1 Å². The molecule has 8 heteroatoms. The Morgan fingerprint density at radius 1 is 1.55 bits per heavy atom. The minimum absolute atomic E-state index is 0.00537. The van der Waals surface area contributed by atoms with Crippen LogP contribution in [0.2, 0.25) is 5.02 Å². The average Bonchev–Trinajstić information content (AvgIpc) is 3.11. The summed E-state index contributed by atoms with van der Waals surface area (Å²) in [5, 5.41) is 2.64. The number of hydrogen-bond donors (Lipinski definition) is 1. The van der Waals surface area contributed by atoms with Crippen molar-refractivity contribution in [3.63, 3.8) is 0 Å². The van der Waals surface area contributed by atoms with Crippen LogP contribution in [0.1, 0.15) is 18.4 Å². The highest BCUT2D eigenvalue weighted by Crippen LogP contribution is 2.33. The number of nitrogens with zero attached hydrogens (tertiary/aromatic N) is 2. The first-order chi connectivity index (χ1) is 9.27. The Balaban J connectivity index is 2.05. The van der Waals surface area contributed by atoms with Gasteiger partial charge in [-0.3, -0.25) is 4.79 Å². The van der Waals surface area contributed by atoms with E-state index in [0.29, 0.717) is 6.20 Å². The Kier molecular flexibility index (Phi) is 4.08. The van der Waals surface area contributed by atoms with Gasteiger partial charge in [0.15, 0.2) is 0 Å². The lowest BCUT2D eigenvalue weighted by Crippen LogP contribution is -2.36. The first-order valence-corrected chi connectivity index (χ1v) is 6.38. The lowest BCUT2D eigenvalue weighted by Gasteiger charge is -2.19. The van der Waals surface area contributed by atoms with Crippen LogP contribution in [-0.2, 0) is 11.0 Å². The van der Waals surface area contributed by atoms with Gasteiger partial charge in [0, 0.05) is 19.3 Å². The monoisotopic (exact) mass is 307 g/mol. The van der Waals surface area contributed by atoms with Gasteiger partial charge in [0.25, 0.3) is 0 Å². The van der Waals surface area contributed by atoms with Gasteiger partial charge in [0.1, 0.15) is 5.82 Å². The normalized spacial score (nSPS) is 15.1. The number of anilines is 1. The Labute approximate surface area is 118 Å². The van der Waals surface area contributed by atoms with Gasteiger partial charge in [-0.1, -0.05) is 11.6 Å². The van der Waals surface area contributed by atoms with E-state index in [1.54, 1.807) is 7.05 Å². The van der Waals surface area contributed by atoms with Crippen molar-refractivity contribution < 1.29 is 18.0 Å². The molecule has 1 amide bonds. The number of pyridine rings is 1. The minimum Gasteiger partial charge on any atom is -0.352 e. The van der Waals surface area contributed by atoms with Crippen molar-refractivity contribution in [2.45, 2.75) is 25.1 Å². The Bertz CT molecular complexity index is 517. The van der Waals surface area contributed by atoms with Crippen LogP contribution in [-0.4, -0.2) is 30.5 Å². The van der Waals surface area contributed by atoms with E-state index < -0.39 is 11.7 Å². The summed E-state index contributed by atoms with van der Waals surface area (Å²) in [4.78, 5) is 16.7. The molecule has 0 bridgehead atoms. The van der Waals surface area contributed by atoms with Crippen molar-refractivity contribution in [1.29, 1.82) is 0 Å². The molecule has 0 unspecified atom stereocenters. The Morgan fingerprint density at radius 3 is 2.70 bits per heavy atom. The van der Waals surface area contributed by atoms with Crippen molar-refractivity contribution in [3.05, 3.63) is 22.8 Å². The summed E-state index contributed by atoms with van der Waals surface area (Å²) in [7, 11) is 1.55. The third-order valence-corrected chi connectivity index (χ3v) is 3.11. The van der Waals surface area contributed by atoms with E-state index in [2.05, 4.69) is 10.3 Å². The molecule has 0 radical (unpaired) electrons. The fourth-order valence-electron chi connectivity index (χ4n) is 1.66. The zero-order valence-corrected chi connectivity index (χ0v) is 11.4. The number of hydrogen-bond acceptors (Lipinski definition) is 3. The summed E-state index contributed by atoms with van der Waals surface area (Å²) >= 11 is 5.80. The maximum Gasteiger partial charge on any atom is 0.417 e. The highest BCUT2D eigenvalue weighted by molar-refractivity contribution is 6.33. The fourth-order valence-corrected chi connectivity index (χ4v) is 1.97. The van der Waals surface area contributed by atoms with Gasteiger partial charge in [-0.15, -0.1) is 0 Å². The van der Waals surface area contributed by atoms with E-state index in [1.807, 2.05) is 0 Å². The number of amides is 1. The number of halogens is 4. The average molecular weight is 308 g/mol. The van der Waals surface area contributed by atoms with Gasteiger partial charge >= 0.3 is 6.18 Å². The summed E-state index contributed by atoms with van der Waals surface area (Å²) in [6, 6.07) is 1.03. The number of nitrogens with one attached hydrogen (secondary N) is 1. The van der Waals surface area contributed by atoms with Gasteiger partial charge in [-0.05, 0) is 18.9 Å². The SMILES string of the molecule is CN(CC(=O)NC1CC1)c1ncc(C(F)(F)F)cc1Cl. The largest absolute Gasteiger partial charge is 0.417 e. The van der Waals surface area contributed by atoms with Crippen LogP contribution >= 0.6 is 11.6 Å². The number of likely N-dealkylation sites (N-methyl/N-ethyl adjacent to an activating group) is 1. The van der Waals surface area contributed by atoms with Crippen molar-refractivity contribution in [2.75, 3.05) is 18.5 Å². The molecule has 0 spiro atoms. The van der Waals surface area contributed by atoms with Crippen LogP contribution in [0.25, 0.3) is 0 Å². The zero-order valence-electron chi connectivity index (χ0n) is 10.7. The zero-order chi connectivity index (χ0) is 14.9. The molecule has 1 fully saturated rings. The number of aromatic nitrogens is 1. The molecule has 1 aliphatic carbocycles. The summed E-state index contributed by atoms with van der Waals surface area (Å²) in [5.41, 5.74) is -0.915. The van der Waals surface area contributed by atoms with Gasteiger partial charge < -0.3 is 10.2 Å². The van der Waals surface area contributed by atoms with Crippen LogP contribution in [0.5, 0.6) is 0 Å². The molecule has 1 saturated carbocycles. The lowest BCUT2D eigenvalue weighted by molar-refractivity contribution is -0.137. The second kappa shape index (κ2) is 5.47. The predicted molar refractivity (Wildman–Crippen MR) is 68.7 cm³/mol. The Morgan fingerprint density at radius 2 is 2.20 bits per heavy atom. The van der Waals surface area contributed by atoms with Crippen LogP contribution in [0.15, 0.2) is 12.3 Å². The highest BCUT2D eigenvalue weighted by Gasteiger charge is 2.32. The molecule has 1 heterocycles. The van der Waals surface area contributed by atoms with Crippen LogP contribution in [0.3, 0.4) is 0 Å². The van der Waals surface area contributed by atoms with Crippen LogP contribution < -0.4 is 10.2 Å². The minimum atomic E-state index is -4.49. The maximum absolute atomic E-state index is 12.5. The molecule has 20 heavy (non-hydrogen) atoms. The molecule has 4 nitrogen and oxygen atoms in total. The van der Waals surface area contributed by atoms with E-state index in [1.165, 1.54) is 4.90 Å². The van der Waals surface area contributed by atoms with E-state index in [4.69, 9.17) is 11.6 Å². The topological polar surface area (TPSA) is 45.2 Å². The van der Waals surface area contributed by atoms with Crippen molar-refractivity contribution >= 4 is 23.3 Å². The molecule has 1 aromatic heterocycles. The molecular weight excluding hydrogens is 295 g/mol. The van der Waals surface area contributed by atoms with Crippen molar-refractivity contribution in [3.8, 4) is 0 Å². The van der Waals surface area contributed by atoms with E-state index in [0.717, 1.165) is 18.9 Å². The van der Waals surface area contributed by atoms with E-state index in [-0.39, 0.29) is 29.3 Å². The van der Waals surface area contributed by atoms with E-state index in [9.17, 15) is 18.0 Å². The quantitative estimate of drug-likeness (QED) is 0.929. The molecule has 0 atom stereocenters.